The van der Waals surface area contributed by atoms with E-state index < -0.39 is 15.5 Å². The van der Waals surface area contributed by atoms with Crippen LogP contribution in [-0.4, -0.2) is 13.9 Å². The Morgan fingerprint density at radius 1 is 0.957 bits per heavy atom. The van der Waals surface area contributed by atoms with Crippen LogP contribution in [-0.2, 0) is 10.0 Å². The van der Waals surface area contributed by atoms with Gasteiger partial charge in [-0.1, -0.05) is 23.8 Å². The average Bonchev–Trinajstić information content (AvgIpc) is 2.41. The molecule has 0 heterocycles. The van der Waals surface area contributed by atoms with E-state index >= 15 is 0 Å². The van der Waals surface area contributed by atoms with E-state index in [4.69, 9.17) is 0 Å². The Balaban J connectivity index is 2.38. The van der Waals surface area contributed by atoms with Crippen LogP contribution in [0.15, 0.2) is 52.3 Å². The summed E-state index contributed by atoms with van der Waals surface area (Å²) in [5.41, 5.74) is -3.06. The van der Waals surface area contributed by atoms with Crippen molar-refractivity contribution < 1.29 is 21.6 Å². The minimum absolute atomic E-state index is 0.00688. The lowest BCUT2D eigenvalue weighted by Gasteiger charge is -2.14. The number of sulfonamides is 1. The topological polar surface area (TPSA) is 46.2 Å². The summed E-state index contributed by atoms with van der Waals surface area (Å²) in [4.78, 5) is -0.202. The fourth-order valence-corrected chi connectivity index (χ4v) is 3.60. The van der Waals surface area contributed by atoms with Crippen LogP contribution >= 0.6 is 11.8 Å². The number of hydrogen-bond donors (Lipinski definition) is 1. The third-order valence-electron chi connectivity index (χ3n) is 2.94. The lowest BCUT2D eigenvalue weighted by Crippen LogP contribution is -2.14. The van der Waals surface area contributed by atoms with Gasteiger partial charge in [0.1, 0.15) is 0 Å². The van der Waals surface area contributed by atoms with E-state index in [1.807, 2.05) is 6.92 Å². The second-order valence-corrected chi connectivity index (χ2v) is 7.76. The highest BCUT2D eigenvalue weighted by Gasteiger charge is 2.31. The van der Waals surface area contributed by atoms with Gasteiger partial charge in [-0.15, -0.1) is 0 Å². The predicted octanol–water partition coefficient (Wildman–Crippen LogP) is 4.72. The number of rotatable bonds is 4. The van der Waals surface area contributed by atoms with Gasteiger partial charge in [0, 0.05) is 4.90 Å². The van der Waals surface area contributed by atoms with Gasteiger partial charge in [-0.2, -0.15) is 13.2 Å². The molecule has 2 rings (SSSR count). The lowest BCUT2D eigenvalue weighted by atomic mass is 10.2. The molecule has 0 aromatic heterocycles. The SMILES string of the molecule is Cc1ccc(S(=O)(=O)Nc2cc(C)ccc2SC(F)(F)F)cc1. The molecule has 0 aliphatic carbocycles. The van der Waals surface area contributed by atoms with Crippen LogP contribution in [0.4, 0.5) is 18.9 Å². The zero-order valence-corrected chi connectivity index (χ0v) is 13.9. The molecule has 0 aliphatic heterocycles. The Hall–Kier alpha value is -1.67. The Morgan fingerprint density at radius 2 is 1.52 bits per heavy atom. The van der Waals surface area contributed by atoms with Gasteiger partial charge in [0.15, 0.2) is 0 Å². The van der Waals surface area contributed by atoms with Crippen LogP contribution in [0.1, 0.15) is 11.1 Å². The highest BCUT2D eigenvalue weighted by atomic mass is 32.2. The van der Waals surface area contributed by atoms with Crippen molar-refractivity contribution >= 4 is 27.5 Å². The molecular formula is C15H14F3NO2S2. The van der Waals surface area contributed by atoms with E-state index in [-0.39, 0.29) is 27.2 Å². The zero-order chi connectivity index (χ0) is 17.3. The van der Waals surface area contributed by atoms with Crippen molar-refractivity contribution in [2.45, 2.75) is 29.1 Å². The second kappa shape index (κ2) is 6.45. The van der Waals surface area contributed by atoms with Crippen molar-refractivity contribution in [2.24, 2.45) is 0 Å². The van der Waals surface area contributed by atoms with Crippen LogP contribution in [0.5, 0.6) is 0 Å². The molecular weight excluding hydrogens is 347 g/mol. The van der Waals surface area contributed by atoms with Crippen molar-refractivity contribution in [1.82, 2.24) is 0 Å². The van der Waals surface area contributed by atoms with Gasteiger partial charge in [0.05, 0.1) is 10.6 Å². The molecule has 0 aliphatic rings. The molecule has 124 valence electrons. The van der Waals surface area contributed by atoms with Crippen molar-refractivity contribution in [3.8, 4) is 0 Å². The molecule has 1 N–H and O–H groups in total. The Labute approximate surface area is 137 Å². The fraction of sp³-hybridized carbons (Fsp3) is 0.200. The van der Waals surface area contributed by atoms with Gasteiger partial charge in [0.25, 0.3) is 10.0 Å². The molecule has 0 amide bonds. The molecule has 0 unspecified atom stereocenters. The molecule has 0 bridgehead atoms. The molecule has 0 saturated carbocycles. The van der Waals surface area contributed by atoms with Crippen molar-refractivity contribution in [1.29, 1.82) is 0 Å². The summed E-state index contributed by atoms with van der Waals surface area (Å²) in [6.07, 6.45) is 0. The number of anilines is 1. The number of halogens is 3. The molecule has 3 nitrogen and oxygen atoms in total. The summed E-state index contributed by atoms with van der Waals surface area (Å²) < 4.78 is 64.7. The number of nitrogens with one attached hydrogen (secondary N) is 1. The summed E-state index contributed by atoms with van der Waals surface area (Å²) >= 11 is -0.353. The first kappa shape index (κ1) is 17.7. The number of hydrogen-bond acceptors (Lipinski definition) is 3. The summed E-state index contributed by atoms with van der Waals surface area (Å²) in [5.74, 6) is 0. The zero-order valence-electron chi connectivity index (χ0n) is 12.3. The van der Waals surface area contributed by atoms with Crippen LogP contribution in [0.2, 0.25) is 0 Å². The largest absolute Gasteiger partial charge is 0.446 e. The third kappa shape index (κ3) is 4.90. The Morgan fingerprint density at radius 3 is 2.09 bits per heavy atom. The second-order valence-electron chi connectivity index (χ2n) is 4.97. The predicted molar refractivity (Wildman–Crippen MR) is 85.1 cm³/mol. The van der Waals surface area contributed by atoms with E-state index in [9.17, 15) is 21.6 Å². The highest BCUT2D eigenvalue weighted by molar-refractivity contribution is 8.00. The molecule has 0 spiro atoms. The lowest BCUT2D eigenvalue weighted by molar-refractivity contribution is -0.0328. The molecule has 2 aromatic carbocycles. The van der Waals surface area contributed by atoms with Gasteiger partial charge in [-0.3, -0.25) is 4.72 Å². The first-order valence-corrected chi connectivity index (χ1v) is 8.83. The maximum Gasteiger partial charge on any atom is 0.446 e. The van der Waals surface area contributed by atoms with E-state index in [1.165, 1.54) is 30.3 Å². The molecule has 2 aromatic rings. The minimum Gasteiger partial charge on any atom is -0.278 e. The molecule has 0 fully saturated rings. The summed E-state index contributed by atoms with van der Waals surface area (Å²) in [6.45, 7) is 3.48. The van der Waals surface area contributed by atoms with Gasteiger partial charge in [-0.25, -0.2) is 8.42 Å². The smallest absolute Gasteiger partial charge is 0.278 e. The van der Waals surface area contributed by atoms with Crippen molar-refractivity contribution in [3.05, 3.63) is 53.6 Å². The minimum atomic E-state index is -4.50. The Kier molecular flexibility index (Phi) is 4.95. The van der Waals surface area contributed by atoms with Gasteiger partial charge in [0.2, 0.25) is 0 Å². The standard InChI is InChI=1S/C15H14F3NO2S2/c1-10-3-6-12(7-4-10)23(20,21)19-13-9-11(2)5-8-14(13)22-15(16,17)18/h3-9,19H,1-2H3. The summed E-state index contributed by atoms with van der Waals surface area (Å²) in [5, 5.41) is 0. The van der Waals surface area contributed by atoms with E-state index in [2.05, 4.69) is 4.72 Å². The number of aryl methyl sites for hydroxylation is 2. The number of alkyl halides is 3. The fourth-order valence-electron chi connectivity index (χ4n) is 1.86. The molecule has 23 heavy (non-hydrogen) atoms. The summed E-state index contributed by atoms with van der Waals surface area (Å²) in [6, 6.07) is 10.2. The van der Waals surface area contributed by atoms with Crippen LogP contribution in [0.25, 0.3) is 0 Å². The maximum absolute atomic E-state index is 12.6. The van der Waals surface area contributed by atoms with Gasteiger partial charge in [-0.05, 0) is 55.4 Å². The average molecular weight is 361 g/mol. The number of thioether (sulfide) groups is 1. The van der Waals surface area contributed by atoms with E-state index in [0.717, 1.165) is 5.56 Å². The first-order chi connectivity index (χ1) is 10.6. The third-order valence-corrected chi connectivity index (χ3v) is 5.13. The quantitative estimate of drug-likeness (QED) is 0.802. The van der Waals surface area contributed by atoms with Crippen LogP contribution in [0, 0.1) is 13.8 Å². The van der Waals surface area contributed by atoms with E-state index in [0.29, 0.717) is 5.56 Å². The first-order valence-electron chi connectivity index (χ1n) is 6.53. The molecule has 8 heteroatoms. The highest BCUT2D eigenvalue weighted by Crippen LogP contribution is 2.41. The van der Waals surface area contributed by atoms with Crippen LogP contribution < -0.4 is 4.72 Å². The normalized spacial score (nSPS) is 12.2. The van der Waals surface area contributed by atoms with Crippen LogP contribution in [0.3, 0.4) is 0 Å². The summed E-state index contributed by atoms with van der Waals surface area (Å²) in [7, 11) is -3.96. The van der Waals surface area contributed by atoms with Gasteiger partial charge >= 0.3 is 5.51 Å². The number of benzene rings is 2. The van der Waals surface area contributed by atoms with Gasteiger partial charge < -0.3 is 0 Å². The molecule has 0 radical (unpaired) electrons. The van der Waals surface area contributed by atoms with E-state index in [1.54, 1.807) is 19.1 Å². The van der Waals surface area contributed by atoms with Crippen molar-refractivity contribution in [3.63, 3.8) is 0 Å². The monoisotopic (exact) mass is 361 g/mol. The Bertz CT molecular complexity index is 800. The molecule has 0 atom stereocenters. The molecule has 0 saturated heterocycles. The maximum atomic E-state index is 12.6. The van der Waals surface area contributed by atoms with Crippen molar-refractivity contribution in [2.75, 3.05) is 4.72 Å².